The van der Waals surface area contributed by atoms with Gasteiger partial charge in [0, 0.05) is 24.0 Å². The van der Waals surface area contributed by atoms with Crippen molar-refractivity contribution in [3.63, 3.8) is 0 Å². The molecule has 0 radical (unpaired) electrons. The van der Waals surface area contributed by atoms with E-state index >= 15 is 0 Å². The molecule has 1 saturated heterocycles. The van der Waals surface area contributed by atoms with E-state index in [9.17, 15) is 0 Å². The van der Waals surface area contributed by atoms with Crippen LogP contribution in [0.4, 0.5) is 0 Å². The van der Waals surface area contributed by atoms with Gasteiger partial charge >= 0.3 is 0 Å². The van der Waals surface area contributed by atoms with Crippen LogP contribution in [0.25, 0.3) is 11.3 Å². The fourth-order valence-electron chi connectivity index (χ4n) is 4.76. The van der Waals surface area contributed by atoms with Gasteiger partial charge in [0.25, 0.3) is 0 Å². The number of aryl methyl sites for hydroxylation is 1. The molecule has 2 aromatic carbocycles. The number of allylic oxidation sites excluding steroid dienone is 2. The van der Waals surface area contributed by atoms with Gasteiger partial charge < -0.3 is 10.2 Å². The number of likely N-dealkylation sites (tertiary alicyclic amines) is 1. The van der Waals surface area contributed by atoms with Crippen molar-refractivity contribution in [1.82, 2.24) is 15.6 Å². The van der Waals surface area contributed by atoms with Gasteiger partial charge in [-0.25, -0.2) is 0 Å². The molecule has 0 amide bonds. The second-order valence-electron chi connectivity index (χ2n) is 9.53. The van der Waals surface area contributed by atoms with Gasteiger partial charge in [0.15, 0.2) is 0 Å². The summed E-state index contributed by atoms with van der Waals surface area (Å²) in [6, 6.07) is 14.8. The summed E-state index contributed by atoms with van der Waals surface area (Å²) in [7, 11) is 0. The molecule has 1 aliphatic rings. The number of nitrogens with one attached hydrogen (secondary N) is 2. The second-order valence-corrected chi connectivity index (χ2v) is 9.94. The molecule has 0 atom stereocenters. The lowest BCUT2D eigenvalue weighted by atomic mass is 9.97. The smallest absolute Gasteiger partial charge is 0.0506 e. The van der Waals surface area contributed by atoms with Crippen LogP contribution < -0.4 is 10.7 Å². The molecule has 0 saturated carbocycles. The topological polar surface area (TPSA) is 39.7 Å². The number of hydrazone groups is 1. The highest BCUT2D eigenvalue weighted by molar-refractivity contribution is 6.32. The average molecular weight is 505 g/mol. The molecule has 36 heavy (non-hydrogen) atoms. The zero-order valence-corrected chi connectivity index (χ0v) is 22.7. The summed E-state index contributed by atoms with van der Waals surface area (Å²) in [6.07, 6.45) is 10.7. The predicted octanol–water partition coefficient (Wildman–Crippen LogP) is 7.21. The Morgan fingerprint density at radius 1 is 1.11 bits per heavy atom. The molecule has 4 nitrogen and oxygen atoms in total. The zero-order chi connectivity index (χ0) is 25.8. The van der Waals surface area contributed by atoms with Gasteiger partial charge in [0.2, 0.25) is 0 Å². The predicted molar refractivity (Wildman–Crippen MR) is 157 cm³/mol. The Morgan fingerprint density at radius 3 is 2.56 bits per heavy atom. The Hall–Kier alpha value is -2.82. The van der Waals surface area contributed by atoms with Crippen LogP contribution in [0.15, 0.2) is 72.5 Å². The standard InChI is InChI=1S/C31H41ClN4/c1-5-34-35-23-29(12-10-22-36-20-7-6-8-21-36)25(3)28-16-14-27(15-17-28)18-19-33-26(4)31-24(2)11-9-13-30(31)32/h5,9,11,13-17,23,33-34H,1,4,6-8,10,12,18-22H2,2-3H3/b29-25+,35-23-. The van der Waals surface area contributed by atoms with Gasteiger partial charge in [0.1, 0.15) is 0 Å². The number of hydrogen-bond donors (Lipinski definition) is 2. The van der Waals surface area contributed by atoms with Crippen molar-refractivity contribution >= 4 is 29.1 Å². The Balaban J connectivity index is 1.58. The Labute approximate surface area is 222 Å². The van der Waals surface area contributed by atoms with Crippen LogP contribution >= 0.6 is 11.6 Å². The molecule has 0 spiro atoms. The lowest BCUT2D eigenvalue weighted by Gasteiger charge is -2.26. The van der Waals surface area contributed by atoms with E-state index in [1.165, 1.54) is 54.6 Å². The van der Waals surface area contributed by atoms with Crippen molar-refractivity contribution in [3.8, 4) is 0 Å². The monoisotopic (exact) mass is 504 g/mol. The van der Waals surface area contributed by atoms with E-state index in [4.69, 9.17) is 11.6 Å². The van der Waals surface area contributed by atoms with Crippen LogP contribution in [0.1, 0.15) is 61.3 Å². The first-order chi connectivity index (χ1) is 17.5. The first-order valence-electron chi connectivity index (χ1n) is 13.1. The summed E-state index contributed by atoms with van der Waals surface area (Å²) in [5.41, 5.74) is 10.9. The quantitative estimate of drug-likeness (QED) is 0.223. The van der Waals surface area contributed by atoms with Crippen LogP contribution in [-0.4, -0.2) is 37.3 Å². The largest absolute Gasteiger partial charge is 0.385 e. The van der Waals surface area contributed by atoms with Crippen molar-refractivity contribution in [3.05, 3.63) is 94.7 Å². The number of nitrogens with zero attached hydrogens (tertiary/aromatic N) is 2. The lowest BCUT2D eigenvalue weighted by Crippen LogP contribution is -2.30. The van der Waals surface area contributed by atoms with Crippen molar-refractivity contribution in [1.29, 1.82) is 0 Å². The molecule has 1 heterocycles. The third kappa shape index (κ3) is 8.39. The van der Waals surface area contributed by atoms with Crippen molar-refractivity contribution in [2.24, 2.45) is 5.10 Å². The van der Waals surface area contributed by atoms with E-state index in [1.807, 2.05) is 18.3 Å². The maximum atomic E-state index is 6.38. The first kappa shape index (κ1) is 27.8. The van der Waals surface area contributed by atoms with Gasteiger partial charge in [-0.2, -0.15) is 5.10 Å². The molecule has 0 aliphatic carbocycles. The fourth-order valence-corrected chi connectivity index (χ4v) is 5.10. The van der Waals surface area contributed by atoms with E-state index in [-0.39, 0.29) is 0 Å². The Morgan fingerprint density at radius 2 is 1.86 bits per heavy atom. The van der Waals surface area contributed by atoms with E-state index < -0.39 is 0 Å². The van der Waals surface area contributed by atoms with Crippen molar-refractivity contribution in [2.75, 3.05) is 26.2 Å². The van der Waals surface area contributed by atoms with Crippen LogP contribution in [0.3, 0.4) is 0 Å². The maximum absolute atomic E-state index is 6.38. The first-order valence-corrected chi connectivity index (χ1v) is 13.5. The highest BCUT2D eigenvalue weighted by Gasteiger charge is 2.11. The van der Waals surface area contributed by atoms with Gasteiger partial charge in [-0.3, -0.25) is 5.43 Å². The van der Waals surface area contributed by atoms with Gasteiger partial charge in [-0.1, -0.05) is 67.6 Å². The summed E-state index contributed by atoms with van der Waals surface area (Å²) in [6.45, 7) is 16.6. The van der Waals surface area contributed by atoms with Gasteiger partial charge in [-0.15, -0.1) is 0 Å². The number of benzene rings is 2. The molecule has 1 fully saturated rings. The van der Waals surface area contributed by atoms with Crippen molar-refractivity contribution in [2.45, 2.75) is 52.4 Å². The zero-order valence-electron chi connectivity index (χ0n) is 22.0. The SMILES string of the molecule is C=CN/N=C\C(CCCN1CCCCC1)=C(/C)c1ccc(CCNC(=C)c2c(C)cccc2Cl)cc1. The molecule has 0 bridgehead atoms. The minimum absolute atomic E-state index is 0.734. The number of rotatable bonds is 13. The third-order valence-corrected chi connectivity index (χ3v) is 7.21. The Bertz CT molecular complexity index is 1040. The highest BCUT2D eigenvalue weighted by Crippen LogP contribution is 2.25. The van der Waals surface area contributed by atoms with Crippen molar-refractivity contribution < 1.29 is 0 Å². The maximum Gasteiger partial charge on any atom is 0.0506 e. The van der Waals surface area contributed by atoms with Crippen LogP contribution in [0, 0.1) is 6.92 Å². The molecule has 0 aromatic heterocycles. The molecule has 2 aromatic rings. The summed E-state index contributed by atoms with van der Waals surface area (Å²) in [5.74, 6) is 0. The van der Waals surface area contributed by atoms with Gasteiger partial charge in [0.05, 0.1) is 11.2 Å². The molecule has 192 valence electrons. The summed E-state index contributed by atoms with van der Waals surface area (Å²) >= 11 is 6.38. The number of halogens is 1. The number of piperidine rings is 1. The lowest BCUT2D eigenvalue weighted by molar-refractivity contribution is 0.227. The second kappa shape index (κ2) is 14.7. The van der Waals surface area contributed by atoms with Crippen LogP contribution in [0.5, 0.6) is 0 Å². The minimum Gasteiger partial charge on any atom is -0.385 e. The Kier molecular flexibility index (Phi) is 11.3. The highest BCUT2D eigenvalue weighted by atomic mass is 35.5. The summed E-state index contributed by atoms with van der Waals surface area (Å²) < 4.78 is 0. The number of hydrogen-bond acceptors (Lipinski definition) is 4. The molecular formula is C31H41ClN4. The van der Waals surface area contributed by atoms with Crippen LogP contribution in [-0.2, 0) is 6.42 Å². The van der Waals surface area contributed by atoms with Crippen LogP contribution in [0.2, 0.25) is 5.02 Å². The third-order valence-electron chi connectivity index (χ3n) is 6.90. The molecule has 2 N–H and O–H groups in total. The molecule has 1 aliphatic heterocycles. The minimum atomic E-state index is 0.734. The molecule has 3 rings (SSSR count). The van der Waals surface area contributed by atoms with Gasteiger partial charge in [-0.05, 0) is 99.5 Å². The van der Waals surface area contributed by atoms with E-state index in [0.717, 1.165) is 54.2 Å². The normalized spacial score (nSPS) is 15.0. The molecular weight excluding hydrogens is 464 g/mol. The molecule has 0 unspecified atom stereocenters. The molecule has 5 heteroatoms. The summed E-state index contributed by atoms with van der Waals surface area (Å²) in [5, 5.41) is 8.50. The average Bonchev–Trinajstić information content (AvgIpc) is 2.88. The van der Waals surface area contributed by atoms with E-state index in [2.05, 4.69) is 78.1 Å². The summed E-state index contributed by atoms with van der Waals surface area (Å²) in [4.78, 5) is 2.60. The van der Waals surface area contributed by atoms with E-state index in [1.54, 1.807) is 6.20 Å². The van der Waals surface area contributed by atoms with E-state index in [0.29, 0.717) is 0 Å². The fraction of sp³-hybridized carbons (Fsp3) is 0.387.